The Morgan fingerprint density at radius 2 is 1.76 bits per heavy atom. The van der Waals surface area contributed by atoms with Crippen LogP contribution in [0.25, 0.3) is 0 Å². The van der Waals surface area contributed by atoms with Gasteiger partial charge < -0.3 is 4.74 Å². The highest BCUT2D eigenvalue weighted by Crippen LogP contribution is 2.23. The molecule has 0 bridgehead atoms. The van der Waals surface area contributed by atoms with Gasteiger partial charge in [-0.15, -0.1) is 0 Å². The highest BCUT2D eigenvalue weighted by molar-refractivity contribution is 6.32. The van der Waals surface area contributed by atoms with Crippen LogP contribution in [0.3, 0.4) is 0 Å². The highest BCUT2D eigenvalue weighted by atomic mass is 35.5. The van der Waals surface area contributed by atoms with Crippen molar-refractivity contribution in [2.45, 2.75) is 6.61 Å². The van der Waals surface area contributed by atoms with Crippen molar-refractivity contribution in [3.8, 4) is 5.88 Å². The van der Waals surface area contributed by atoms with Gasteiger partial charge in [0, 0.05) is 5.02 Å². The quantitative estimate of drug-likeness (QED) is 0.801. The Kier molecular flexibility index (Phi) is 4.05. The van der Waals surface area contributed by atoms with Crippen LogP contribution in [0.1, 0.15) is 5.56 Å². The molecular formula is C11H7Cl3N2O. The summed E-state index contributed by atoms with van der Waals surface area (Å²) >= 11 is 17.3. The van der Waals surface area contributed by atoms with E-state index < -0.39 is 0 Å². The first kappa shape index (κ1) is 12.4. The predicted octanol–water partition coefficient (Wildman–Crippen LogP) is 4.02. The fourth-order valence-corrected chi connectivity index (χ4v) is 1.56. The third kappa shape index (κ3) is 3.46. The van der Waals surface area contributed by atoms with Crippen LogP contribution in [0.2, 0.25) is 15.3 Å². The summed E-state index contributed by atoms with van der Waals surface area (Å²) in [6, 6.07) is 7.29. The minimum absolute atomic E-state index is 0.0977. The van der Waals surface area contributed by atoms with E-state index >= 15 is 0 Å². The molecule has 1 heterocycles. The van der Waals surface area contributed by atoms with Crippen molar-refractivity contribution in [3.05, 3.63) is 51.4 Å². The molecule has 0 fully saturated rings. The average Bonchev–Trinajstić information content (AvgIpc) is 2.32. The van der Waals surface area contributed by atoms with Gasteiger partial charge >= 0.3 is 0 Å². The second-order valence-electron chi connectivity index (χ2n) is 3.21. The lowest BCUT2D eigenvalue weighted by atomic mass is 10.2. The molecule has 2 aromatic rings. The fourth-order valence-electron chi connectivity index (χ4n) is 1.16. The normalized spacial score (nSPS) is 10.3. The summed E-state index contributed by atoms with van der Waals surface area (Å²) in [6.45, 7) is 0.338. The summed E-state index contributed by atoms with van der Waals surface area (Å²) in [5.74, 6) is 0.265. The Labute approximate surface area is 113 Å². The summed E-state index contributed by atoms with van der Waals surface area (Å²) in [5.41, 5.74) is 0.959. The lowest BCUT2D eigenvalue weighted by molar-refractivity contribution is 0.293. The monoisotopic (exact) mass is 288 g/mol. The summed E-state index contributed by atoms with van der Waals surface area (Å²) in [5, 5.41) is 1.10. The topological polar surface area (TPSA) is 35.0 Å². The lowest BCUT2D eigenvalue weighted by Gasteiger charge is -2.06. The van der Waals surface area contributed by atoms with Crippen LogP contribution in [-0.4, -0.2) is 9.97 Å². The third-order valence-electron chi connectivity index (χ3n) is 1.97. The van der Waals surface area contributed by atoms with Crippen LogP contribution in [0, 0.1) is 0 Å². The maximum absolute atomic E-state index is 5.86. The van der Waals surface area contributed by atoms with Gasteiger partial charge in [0.15, 0.2) is 0 Å². The molecule has 88 valence electrons. The Morgan fingerprint density at radius 3 is 2.47 bits per heavy atom. The Bertz CT molecular complexity index is 517. The van der Waals surface area contributed by atoms with Gasteiger partial charge in [0.2, 0.25) is 11.2 Å². The second-order valence-corrected chi connectivity index (χ2v) is 4.39. The number of benzene rings is 1. The summed E-state index contributed by atoms with van der Waals surface area (Å²) in [4.78, 5) is 7.61. The first-order valence-corrected chi connectivity index (χ1v) is 5.84. The molecule has 2 rings (SSSR count). The molecular weight excluding hydrogens is 282 g/mol. The zero-order chi connectivity index (χ0) is 12.3. The van der Waals surface area contributed by atoms with E-state index in [9.17, 15) is 0 Å². The molecule has 0 radical (unpaired) electrons. The first-order chi connectivity index (χ1) is 8.15. The molecule has 0 aliphatic carbocycles. The van der Waals surface area contributed by atoms with Gasteiger partial charge in [-0.3, -0.25) is 0 Å². The fraction of sp³-hybridized carbons (Fsp3) is 0.0909. The molecule has 0 unspecified atom stereocenters. The molecule has 3 nitrogen and oxygen atoms in total. The minimum Gasteiger partial charge on any atom is -0.472 e. The van der Waals surface area contributed by atoms with Gasteiger partial charge in [-0.2, -0.15) is 4.98 Å². The van der Waals surface area contributed by atoms with E-state index in [1.165, 1.54) is 6.20 Å². The van der Waals surface area contributed by atoms with Crippen molar-refractivity contribution in [3.63, 3.8) is 0 Å². The Balaban J connectivity index is 2.07. The number of nitrogens with zero attached hydrogens (tertiary/aromatic N) is 2. The van der Waals surface area contributed by atoms with Gasteiger partial charge in [-0.1, -0.05) is 35.3 Å². The molecule has 0 saturated heterocycles. The largest absolute Gasteiger partial charge is 0.472 e. The van der Waals surface area contributed by atoms with Gasteiger partial charge in [-0.05, 0) is 29.3 Å². The molecule has 0 saturated carbocycles. The molecule has 0 amide bonds. The van der Waals surface area contributed by atoms with Crippen molar-refractivity contribution in [2.75, 3.05) is 0 Å². The van der Waals surface area contributed by atoms with Gasteiger partial charge in [0.1, 0.15) is 11.6 Å². The summed E-state index contributed by atoms with van der Waals surface area (Å²) in [7, 11) is 0. The molecule has 0 spiro atoms. The smallest absolute Gasteiger partial charge is 0.237 e. The van der Waals surface area contributed by atoms with Crippen molar-refractivity contribution >= 4 is 34.8 Å². The van der Waals surface area contributed by atoms with Crippen LogP contribution < -0.4 is 4.74 Å². The van der Waals surface area contributed by atoms with Crippen LogP contribution in [-0.2, 0) is 6.61 Å². The summed E-state index contributed by atoms with van der Waals surface area (Å²) in [6.07, 6.45) is 1.40. The highest BCUT2D eigenvalue weighted by Gasteiger charge is 2.05. The standard InChI is InChI=1S/C11H7Cl3N2O/c12-8-3-1-7(2-4-8)6-17-10-9(13)5-15-11(14)16-10/h1-5H,6H2. The van der Waals surface area contributed by atoms with Gasteiger partial charge in [0.05, 0.1) is 6.20 Å². The van der Waals surface area contributed by atoms with Crippen LogP contribution >= 0.6 is 34.8 Å². The number of hydrogen-bond acceptors (Lipinski definition) is 3. The van der Waals surface area contributed by atoms with Crippen molar-refractivity contribution in [2.24, 2.45) is 0 Å². The van der Waals surface area contributed by atoms with E-state index in [1.54, 1.807) is 12.1 Å². The molecule has 6 heteroatoms. The van der Waals surface area contributed by atoms with Crippen LogP contribution in [0.4, 0.5) is 0 Å². The Morgan fingerprint density at radius 1 is 1.06 bits per heavy atom. The number of aromatic nitrogens is 2. The van der Waals surface area contributed by atoms with Gasteiger partial charge in [-0.25, -0.2) is 4.98 Å². The van der Waals surface area contributed by atoms with E-state index in [0.29, 0.717) is 16.7 Å². The summed E-state index contributed by atoms with van der Waals surface area (Å²) < 4.78 is 5.43. The molecule has 1 aromatic heterocycles. The van der Waals surface area contributed by atoms with Crippen molar-refractivity contribution < 1.29 is 4.74 Å². The number of ether oxygens (including phenoxy) is 1. The zero-order valence-electron chi connectivity index (χ0n) is 8.53. The van der Waals surface area contributed by atoms with Crippen LogP contribution in [0.5, 0.6) is 5.88 Å². The van der Waals surface area contributed by atoms with Crippen molar-refractivity contribution in [1.82, 2.24) is 9.97 Å². The number of halogens is 3. The van der Waals surface area contributed by atoms with Crippen LogP contribution in [0.15, 0.2) is 30.5 Å². The van der Waals surface area contributed by atoms with E-state index in [1.807, 2.05) is 12.1 Å². The first-order valence-electron chi connectivity index (χ1n) is 4.70. The number of rotatable bonds is 3. The third-order valence-corrected chi connectivity index (χ3v) is 2.66. The van der Waals surface area contributed by atoms with E-state index in [2.05, 4.69) is 9.97 Å². The van der Waals surface area contributed by atoms with E-state index in [-0.39, 0.29) is 11.2 Å². The van der Waals surface area contributed by atoms with E-state index in [0.717, 1.165) is 5.56 Å². The lowest BCUT2D eigenvalue weighted by Crippen LogP contribution is -1.98. The zero-order valence-corrected chi connectivity index (χ0v) is 10.8. The molecule has 0 aliphatic rings. The predicted molar refractivity (Wildman–Crippen MR) is 67.8 cm³/mol. The SMILES string of the molecule is Clc1ccc(COc2nc(Cl)ncc2Cl)cc1. The van der Waals surface area contributed by atoms with Gasteiger partial charge in [0.25, 0.3) is 0 Å². The maximum atomic E-state index is 5.86. The Hall–Kier alpha value is -1.03. The molecule has 0 aliphatic heterocycles. The molecule has 0 N–H and O–H groups in total. The molecule has 17 heavy (non-hydrogen) atoms. The maximum Gasteiger partial charge on any atom is 0.237 e. The molecule has 1 aromatic carbocycles. The number of hydrogen-bond donors (Lipinski definition) is 0. The van der Waals surface area contributed by atoms with E-state index in [4.69, 9.17) is 39.5 Å². The van der Waals surface area contributed by atoms with Crippen molar-refractivity contribution in [1.29, 1.82) is 0 Å². The second kappa shape index (κ2) is 5.54. The average molecular weight is 290 g/mol. The molecule has 0 atom stereocenters. The minimum atomic E-state index is 0.0977.